The maximum atomic E-state index is 5.53. The van der Waals surface area contributed by atoms with Crippen LogP contribution in [0.25, 0.3) is 0 Å². The van der Waals surface area contributed by atoms with Gasteiger partial charge in [-0.2, -0.15) is 4.98 Å². The summed E-state index contributed by atoms with van der Waals surface area (Å²) in [5.41, 5.74) is 0.963. The van der Waals surface area contributed by atoms with Crippen LogP contribution in [0.2, 0.25) is 0 Å². The molecule has 0 unspecified atom stereocenters. The van der Waals surface area contributed by atoms with Gasteiger partial charge >= 0.3 is 0 Å². The van der Waals surface area contributed by atoms with E-state index < -0.39 is 0 Å². The fourth-order valence-corrected chi connectivity index (χ4v) is 1.90. The lowest BCUT2D eigenvalue weighted by Gasteiger charge is -2.23. The molecule has 4 heteroatoms. The summed E-state index contributed by atoms with van der Waals surface area (Å²) in [5.74, 6) is 0.717. The van der Waals surface area contributed by atoms with Crippen LogP contribution in [0, 0.1) is 5.92 Å². The Morgan fingerprint density at radius 2 is 2.06 bits per heavy atom. The Balaban J connectivity index is 2.64. The molecule has 0 bridgehead atoms. The number of anilines is 1. The summed E-state index contributed by atoms with van der Waals surface area (Å²) in [7, 11) is 1.91. The number of hydrogen-bond acceptors (Lipinski definition) is 4. The predicted molar refractivity (Wildman–Crippen MR) is 71.2 cm³/mol. The Kier molecular flexibility index (Phi) is 6.05. The van der Waals surface area contributed by atoms with Crippen molar-refractivity contribution >= 4 is 6.01 Å². The van der Waals surface area contributed by atoms with Gasteiger partial charge in [0.25, 0.3) is 6.01 Å². The lowest BCUT2D eigenvalue weighted by Crippen LogP contribution is -2.29. The van der Waals surface area contributed by atoms with Crippen LogP contribution in [0.5, 0.6) is 0 Å². The first-order valence-corrected chi connectivity index (χ1v) is 6.58. The van der Waals surface area contributed by atoms with E-state index in [1.807, 2.05) is 7.05 Å². The van der Waals surface area contributed by atoms with E-state index in [-0.39, 0.29) is 0 Å². The normalized spacial score (nSPS) is 11.1. The molecule has 0 radical (unpaired) electrons. The fourth-order valence-electron chi connectivity index (χ4n) is 1.90. The third-order valence-electron chi connectivity index (χ3n) is 3.18. The quantitative estimate of drug-likeness (QED) is 0.757. The van der Waals surface area contributed by atoms with Crippen molar-refractivity contribution in [3.8, 4) is 0 Å². The van der Waals surface area contributed by atoms with Crippen LogP contribution >= 0.6 is 0 Å². The Hall–Kier alpha value is -1.03. The smallest absolute Gasteiger partial charge is 0.297 e. The lowest BCUT2D eigenvalue weighted by molar-refractivity contribution is 0.456. The van der Waals surface area contributed by atoms with Crippen molar-refractivity contribution < 1.29 is 4.42 Å². The van der Waals surface area contributed by atoms with Gasteiger partial charge < -0.3 is 14.6 Å². The minimum absolute atomic E-state index is 0.717. The zero-order chi connectivity index (χ0) is 12.7. The highest BCUT2D eigenvalue weighted by Gasteiger charge is 2.15. The Morgan fingerprint density at radius 1 is 1.35 bits per heavy atom. The molecule has 0 saturated heterocycles. The summed E-state index contributed by atoms with van der Waals surface area (Å²) >= 11 is 0. The van der Waals surface area contributed by atoms with Gasteiger partial charge in [0.05, 0.1) is 5.69 Å². The average molecular weight is 239 g/mol. The number of rotatable bonds is 8. The van der Waals surface area contributed by atoms with Gasteiger partial charge in [0, 0.05) is 19.6 Å². The second kappa shape index (κ2) is 7.33. The zero-order valence-corrected chi connectivity index (χ0v) is 11.5. The maximum Gasteiger partial charge on any atom is 0.297 e. The number of aromatic nitrogens is 1. The van der Waals surface area contributed by atoms with E-state index >= 15 is 0 Å². The molecule has 1 rings (SSSR count). The van der Waals surface area contributed by atoms with Gasteiger partial charge in [-0.1, -0.05) is 26.7 Å². The summed E-state index contributed by atoms with van der Waals surface area (Å²) in [4.78, 5) is 6.71. The van der Waals surface area contributed by atoms with E-state index in [1.165, 1.54) is 12.8 Å². The summed E-state index contributed by atoms with van der Waals surface area (Å²) in [6.45, 7) is 9.35. The summed E-state index contributed by atoms with van der Waals surface area (Å²) in [5, 5.41) is 3.08. The summed E-state index contributed by atoms with van der Waals surface area (Å²) in [6, 6.07) is 0.754. The van der Waals surface area contributed by atoms with E-state index in [9.17, 15) is 0 Å². The lowest BCUT2D eigenvalue weighted by atomic mass is 10.0. The molecule has 0 aliphatic heterocycles. The molecule has 0 aliphatic rings. The van der Waals surface area contributed by atoms with Crippen molar-refractivity contribution in [3.05, 3.63) is 12.0 Å². The van der Waals surface area contributed by atoms with Crippen molar-refractivity contribution in [2.45, 2.75) is 40.2 Å². The van der Waals surface area contributed by atoms with Crippen molar-refractivity contribution in [1.29, 1.82) is 0 Å². The minimum atomic E-state index is 0.717. The monoisotopic (exact) mass is 239 g/mol. The zero-order valence-electron chi connectivity index (χ0n) is 11.5. The van der Waals surface area contributed by atoms with Crippen molar-refractivity contribution in [1.82, 2.24) is 10.3 Å². The summed E-state index contributed by atoms with van der Waals surface area (Å²) in [6.07, 6.45) is 4.15. The molecule has 17 heavy (non-hydrogen) atoms. The molecule has 0 spiro atoms. The first kappa shape index (κ1) is 14.0. The van der Waals surface area contributed by atoms with Gasteiger partial charge in [0.2, 0.25) is 0 Å². The van der Waals surface area contributed by atoms with Gasteiger partial charge in [0.1, 0.15) is 6.26 Å². The number of oxazole rings is 1. The second-order valence-electron chi connectivity index (χ2n) is 4.37. The van der Waals surface area contributed by atoms with Crippen LogP contribution in [0.15, 0.2) is 10.7 Å². The topological polar surface area (TPSA) is 41.3 Å². The third-order valence-corrected chi connectivity index (χ3v) is 3.18. The molecular formula is C13H25N3O. The summed E-state index contributed by atoms with van der Waals surface area (Å²) < 4.78 is 5.53. The molecule has 1 aromatic rings. The van der Waals surface area contributed by atoms with Gasteiger partial charge in [-0.25, -0.2) is 0 Å². The first-order chi connectivity index (χ1) is 8.24. The molecule has 98 valence electrons. The molecule has 1 N–H and O–H groups in total. The standard InChI is InChI=1S/C13H25N3O/c1-5-11(6-2)9-16(7-3)13-15-12(8-14-4)10-17-13/h10-11,14H,5-9H2,1-4H3. The molecular weight excluding hydrogens is 214 g/mol. The first-order valence-electron chi connectivity index (χ1n) is 6.58. The number of nitrogens with zero attached hydrogens (tertiary/aromatic N) is 2. The van der Waals surface area contributed by atoms with Gasteiger partial charge in [0.15, 0.2) is 0 Å². The SMILES string of the molecule is CCC(CC)CN(CC)c1nc(CNC)co1. The van der Waals surface area contributed by atoms with Crippen LogP contribution < -0.4 is 10.2 Å². The predicted octanol–water partition coefficient (Wildman–Crippen LogP) is 2.66. The largest absolute Gasteiger partial charge is 0.432 e. The van der Waals surface area contributed by atoms with Crippen molar-refractivity contribution in [2.24, 2.45) is 5.92 Å². The third kappa shape index (κ3) is 4.04. The Labute approximate surface area is 104 Å². The van der Waals surface area contributed by atoms with Gasteiger partial charge in [-0.05, 0) is 19.9 Å². The molecule has 0 atom stereocenters. The Bertz CT molecular complexity index is 307. The molecule has 1 aromatic heterocycles. The molecule has 0 aromatic carbocycles. The molecule has 0 amide bonds. The number of nitrogens with one attached hydrogen (secondary N) is 1. The molecule has 0 saturated carbocycles. The van der Waals surface area contributed by atoms with E-state index in [2.05, 4.69) is 36.0 Å². The van der Waals surface area contributed by atoms with Gasteiger partial charge in [-0.3, -0.25) is 0 Å². The van der Waals surface area contributed by atoms with Crippen LogP contribution in [-0.2, 0) is 6.54 Å². The van der Waals surface area contributed by atoms with Crippen LogP contribution in [0.3, 0.4) is 0 Å². The highest BCUT2D eigenvalue weighted by atomic mass is 16.4. The maximum absolute atomic E-state index is 5.53. The fraction of sp³-hybridized carbons (Fsp3) is 0.769. The van der Waals surface area contributed by atoms with E-state index in [4.69, 9.17) is 4.42 Å². The highest BCUT2D eigenvalue weighted by Crippen LogP contribution is 2.17. The number of hydrogen-bond donors (Lipinski definition) is 1. The van der Waals surface area contributed by atoms with Crippen LogP contribution in [0.4, 0.5) is 6.01 Å². The Morgan fingerprint density at radius 3 is 2.59 bits per heavy atom. The molecule has 0 aliphatic carbocycles. The second-order valence-corrected chi connectivity index (χ2v) is 4.37. The van der Waals surface area contributed by atoms with Gasteiger partial charge in [-0.15, -0.1) is 0 Å². The van der Waals surface area contributed by atoms with E-state index in [1.54, 1.807) is 6.26 Å². The van der Waals surface area contributed by atoms with Crippen LogP contribution in [0.1, 0.15) is 39.3 Å². The molecule has 4 nitrogen and oxygen atoms in total. The minimum Gasteiger partial charge on any atom is -0.432 e. The van der Waals surface area contributed by atoms with Crippen molar-refractivity contribution in [2.75, 3.05) is 25.0 Å². The average Bonchev–Trinajstić information content (AvgIpc) is 2.80. The molecule has 0 fully saturated rings. The van der Waals surface area contributed by atoms with E-state index in [0.717, 1.165) is 37.3 Å². The highest BCUT2D eigenvalue weighted by molar-refractivity contribution is 5.26. The van der Waals surface area contributed by atoms with E-state index in [0.29, 0.717) is 0 Å². The van der Waals surface area contributed by atoms with Crippen molar-refractivity contribution in [3.63, 3.8) is 0 Å². The molecule has 1 heterocycles. The van der Waals surface area contributed by atoms with Crippen LogP contribution in [-0.4, -0.2) is 25.1 Å².